The molecule has 2 aromatic heterocycles. The largest absolute Gasteiger partial charge is 0.419 e. The van der Waals surface area contributed by atoms with E-state index in [-0.39, 0.29) is 22.2 Å². The van der Waals surface area contributed by atoms with Gasteiger partial charge < -0.3 is 8.83 Å². The van der Waals surface area contributed by atoms with Crippen molar-refractivity contribution in [3.05, 3.63) is 70.1 Å². The molecule has 0 fully saturated rings. The number of benzene rings is 2. The molecule has 1 unspecified atom stereocenters. The van der Waals surface area contributed by atoms with Gasteiger partial charge in [0.1, 0.15) is 0 Å². The molecule has 0 saturated carbocycles. The van der Waals surface area contributed by atoms with E-state index in [1.165, 1.54) is 29.5 Å². The Balaban J connectivity index is 1.44. The van der Waals surface area contributed by atoms with Gasteiger partial charge >= 0.3 is 0 Å². The third kappa shape index (κ3) is 4.70. The Morgan fingerprint density at radius 2 is 1.44 bits per heavy atom. The minimum absolute atomic E-state index is 0.00217. The van der Waals surface area contributed by atoms with Gasteiger partial charge in [0.2, 0.25) is 17.7 Å². The molecule has 10 heteroatoms. The van der Waals surface area contributed by atoms with Gasteiger partial charge in [0.15, 0.2) is 0 Å². The van der Waals surface area contributed by atoms with Gasteiger partial charge in [0.05, 0.1) is 10.2 Å². The van der Waals surface area contributed by atoms with Gasteiger partial charge in [0.25, 0.3) is 10.9 Å². The van der Waals surface area contributed by atoms with Crippen LogP contribution in [0.1, 0.15) is 44.4 Å². The molecule has 0 aliphatic heterocycles. The SMILES string of the molecule is CC(Sc1nnc(-c2ccc(C(C)(C)C)cc2)o1)c1nnc(-c2ccc([N+](=O)[O-])cc2)o1. The van der Waals surface area contributed by atoms with Gasteiger partial charge in [-0.25, -0.2) is 0 Å². The average Bonchev–Trinajstić information content (AvgIpc) is 3.43. The van der Waals surface area contributed by atoms with E-state index in [4.69, 9.17) is 8.83 Å². The summed E-state index contributed by atoms with van der Waals surface area (Å²) >= 11 is 1.31. The van der Waals surface area contributed by atoms with Gasteiger partial charge in [-0.15, -0.1) is 20.4 Å². The Kier molecular flexibility index (Phi) is 5.79. The van der Waals surface area contributed by atoms with Crippen molar-refractivity contribution in [2.75, 3.05) is 0 Å². The number of nitrogens with zero attached hydrogens (tertiary/aromatic N) is 5. The lowest BCUT2D eigenvalue weighted by molar-refractivity contribution is -0.384. The van der Waals surface area contributed by atoms with Crippen molar-refractivity contribution in [2.45, 2.75) is 43.6 Å². The Hall–Kier alpha value is -3.53. The first kappa shape index (κ1) is 21.7. The van der Waals surface area contributed by atoms with Crippen LogP contribution in [0.2, 0.25) is 0 Å². The molecule has 32 heavy (non-hydrogen) atoms. The predicted octanol–water partition coefficient (Wildman–Crippen LogP) is 5.85. The van der Waals surface area contributed by atoms with E-state index >= 15 is 0 Å². The summed E-state index contributed by atoms with van der Waals surface area (Å²) in [5.41, 5.74) is 2.75. The standard InChI is InChI=1S/C22H21N5O4S/c1-13(18-23-24-19(30-18)15-7-11-17(12-8-15)27(28)29)32-21-26-25-20(31-21)14-5-9-16(10-6-14)22(2,3)4/h5-13H,1-4H3. The first-order chi connectivity index (χ1) is 15.2. The van der Waals surface area contributed by atoms with Crippen molar-refractivity contribution >= 4 is 17.4 Å². The molecular formula is C22H21N5O4S. The number of nitro groups is 1. The van der Waals surface area contributed by atoms with Crippen LogP contribution in [0, 0.1) is 10.1 Å². The fourth-order valence-corrected chi connectivity index (χ4v) is 3.64. The number of nitro benzene ring substituents is 1. The molecule has 0 bridgehead atoms. The van der Waals surface area contributed by atoms with Crippen LogP contribution >= 0.6 is 11.8 Å². The minimum atomic E-state index is -0.459. The van der Waals surface area contributed by atoms with E-state index in [2.05, 4.69) is 53.3 Å². The summed E-state index contributed by atoms with van der Waals surface area (Å²) in [6.07, 6.45) is 0. The molecule has 0 N–H and O–H groups in total. The van der Waals surface area contributed by atoms with Crippen LogP contribution in [-0.2, 0) is 5.41 Å². The van der Waals surface area contributed by atoms with Gasteiger partial charge in [-0.2, -0.15) is 0 Å². The topological polar surface area (TPSA) is 121 Å². The van der Waals surface area contributed by atoms with Crippen LogP contribution in [0.5, 0.6) is 0 Å². The van der Waals surface area contributed by atoms with Gasteiger partial charge in [0, 0.05) is 23.3 Å². The lowest BCUT2D eigenvalue weighted by Crippen LogP contribution is -2.10. The molecular weight excluding hydrogens is 430 g/mol. The zero-order valence-corrected chi connectivity index (χ0v) is 18.8. The second kappa shape index (κ2) is 8.54. The smallest absolute Gasteiger partial charge is 0.277 e. The van der Waals surface area contributed by atoms with Crippen LogP contribution in [-0.4, -0.2) is 25.3 Å². The molecule has 2 aromatic carbocycles. The van der Waals surface area contributed by atoms with E-state index in [0.29, 0.717) is 22.6 Å². The second-order valence-corrected chi connectivity index (χ2v) is 9.50. The van der Waals surface area contributed by atoms with E-state index in [9.17, 15) is 10.1 Å². The highest BCUT2D eigenvalue weighted by molar-refractivity contribution is 7.99. The van der Waals surface area contributed by atoms with E-state index < -0.39 is 4.92 Å². The monoisotopic (exact) mass is 451 g/mol. The van der Waals surface area contributed by atoms with E-state index in [1.54, 1.807) is 12.1 Å². The van der Waals surface area contributed by atoms with Gasteiger partial charge in [-0.1, -0.05) is 44.7 Å². The van der Waals surface area contributed by atoms with Crippen LogP contribution in [0.15, 0.2) is 62.6 Å². The molecule has 9 nitrogen and oxygen atoms in total. The summed E-state index contributed by atoms with van der Waals surface area (Å²) in [6, 6.07) is 14.0. The van der Waals surface area contributed by atoms with E-state index in [0.717, 1.165) is 5.56 Å². The van der Waals surface area contributed by atoms with Crippen LogP contribution in [0.3, 0.4) is 0 Å². The molecule has 0 radical (unpaired) electrons. The maximum atomic E-state index is 10.8. The fourth-order valence-electron chi connectivity index (χ4n) is 2.93. The molecule has 0 saturated heterocycles. The Bertz CT molecular complexity index is 1230. The first-order valence-corrected chi connectivity index (χ1v) is 10.8. The molecule has 4 aromatic rings. The quantitative estimate of drug-likeness (QED) is 0.202. The summed E-state index contributed by atoms with van der Waals surface area (Å²) in [5, 5.41) is 27.3. The van der Waals surface area contributed by atoms with Crippen molar-refractivity contribution in [1.29, 1.82) is 0 Å². The highest BCUT2D eigenvalue weighted by Gasteiger charge is 2.21. The molecule has 0 aliphatic rings. The van der Waals surface area contributed by atoms with Crippen molar-refractivity contribution < 1.29 is 13.8 Å². The van der Waals surface area contributed by atoms with Crippen molar-refractivity contribution in [1.82, 2.24) is 20.4 Å². The highest BCUT2D eigenvalue weighted by atomic mass is 32.2. The van der Waals surface area contributed by atoms with Crippen LogP contribution in [0.4, 0.5) is 5.69 Å². The number of hydrogen-bond acceptors (Lipinski definition) is 9. The summed E-state index contributed by atoms with van der Waals surface area (Å²) in [6.45, 7) is 8.38. The van der Waals surface area contributed by atoms with Crippen molar-refractivity contribution in [3.63, 3.8) is 0 Å². The van der Waals surface area contributed by atoms with Crippen molar-refractivity contribution in [3.8, 4) is 22.9 Å². The number of non-ortho nitro benzene ring substituents is 1. The minimum Gasteiger partial charge on any atom is -0.419 e. The normalized spacial score (nSPS) is 12.6. The number of aromatic nitrogens is 4. The summed E-state index contributed by atoms with van der Waals surface area (Å²) in [4.78, 5) is 10.3. The zero-order chi connectivity index (χ0) is 22.9. The summed E-state index contributed by atoms with van der Waals surface area (Å²) in [5.74, 6) is 1.11. The lowest BCUT2D eigenvalue weighted by atomic mass is 9.87. The Morgan fingerprint density at radius 1 is 0.875 bits per heavy atom. The molecule has 2 heterocycles. The third-order valence-corrected chi connectivity index (χ3v) is 5.72. The molecule has 0 spiro atoms. The Labute approximate surface area is 188 Å². The zero-order valence-electron chi connectivity index (χ0n) is 18.0. The molecule has 1 atom stereocenters. The van der Waals surface area contributed by atoms with Gasteiger partial charge in [-0.3, -0.25) is 10.1 Å². The summed E-state index contributed by atoms with van der Waals surface area (Å²) in [7, 11) is 0. The van der Waals surface area contributed by atoms with E-state index in [1.807, 2.05) is 19.1 Å². The fraction of sp³-hybridized carbons (Fsp3) is 0.273. The Morgan fingerprint density at radius 3 is 2.03 bits per heavy atom. The molecule has 0 amide bonds. The maximum absolute atomic E-state index is 10.8. The number of hydrogen-bond donors (Lipinski definition) is 0. The maximum Gasteiger partial charge on any atom is 0.277 e. The van der Waals surface area contributed by atoms with Crippen LogP contribution in [0.25, 0.3) is 22.9 Å². The number of rotatable bonds is 6. The predicted molar refractivity (Wildman–Crippen MR) is 119 cm³/mol. The second-order valence-electron chi connectivity index (χ2n) is 8.21. The molecule has 0 aliphatic carbocycles. The van der Waals surface area contributed by atoms with Gasteiger partial charge in [-0.05, 0) is 42.2 Å². The molecule has 4 rings (SSSR count). The lowest BCUT2D eigenvalue weighted by Gasteiger charge is -2.18. The van der Waals surface area contributed by atoms with Crippen molar-refractivity contribution in [2.24, 2.45) is 0 Å². The third-order valence-electron chi connectivity index (χ3n) is 4.80. The highest BCUT2D eigenvalue weighted by Crippen LogP contribution is 2.36. The first-order valence-electron chi connectivity index (χ1n) is 9.90. The molecule has 164 valence electrons. The summed E-state index contributed by atoms with van der Waals surface area (Å²) < 4.78 is 11.5. The number of thioether (sulfide) groups is 1. The van der Waals surface area contributed by atoms with Crippen LogP contribution < -0.4 is 0 Å². The average molecular weight is 452 g/mol.